The Morgan fingerprint density at radius 3 is 2.70 bits per heavy atom. The SMILES string of the molecule is CC1(CNc2cccc(-c3cc(N[C@H]4CC[C@H](N)CC4)ncc3Cl)n2)CCOCC1. The molecule has 162 valence electrons. The molecule has 0 amide bonds. The number of halogens is 1. The zero-order valence-corrected chi connectivity index (χ0v) is 18.4. The van der Waals surface area contributed by atoms with Crippen molar-refractivity contribution in [2.24, 2.45) is 11.1 Å². The van der Waals surface area contributed by atoms with Crippen molar-refractivity contribution in [2.75, 3.05) is 30.4 Å². The number of aromatic nitrogens is 2. The molecule has 2 aromatic rings. The summed E-state index contributed by atoms with van der Waals surface area (Å²) in [5, 5.41) is 7.67. The maximum atomic E-state index is 6.48. The quantitative estimate of drug-likeness (QED) is 0.616. The molecule has 0 radical (unpaired) electrons. The summed E-state index contributed by atoms with van der Waals surface area (Å²) in [5.74, 6) is 1.70. The van der Waals surface area contributed by atoms with Gasteiger partial charge in [-0.15, -0.1) is 0 Å². The number of nitrogens with one attached hydrogen (secondary N) is 2. The summed E-state index contributed by atoms with van der Waals surface area (Å²) in [6.07, 6.45) is 8.09. The van der Waals surface area contributed by atoms with Gasteiger partial charge in [0.05, 0.1) is 10.7 Å². The highest BCUT2D eigenvalue weighted by atomic mass is 35.5. The van der Waals surface area contributed by atoms with Gasteiger partial charge < -0.3 is 21.1 Å². The summed E-state index contributed by atoms with van der Waals surface area (Å²) in [6.45, 7) is 4.86. The van der Waals surface area contributed by atoms with Crippen LogP contribution in [0.2, 0.25) is 5.02 Å². The summed E-state index contributed by atoms with van der Waals surface area (Å²) in [7, 11) is 0. The molecule has 7 heteroatoms. The van der Waals surface area contributed by atoms with E-state index in [9.17, 15) is 0 Å². The first-order valence-electron chi connectivity index (χ1n) is 11.0. The topological polar surface area (TPSA) is 85.1 Å². The molecule has 4 N–H and O–H groups in total. The highest BCUT2D eigenvalue weighted by Gasteiger charge is 2.27. The van der Waals surface area contributed by atoms with E-state index >= 15 is 0 Å². The summed E-state index contributed by atoms with van der Waals surface area (Å²) in [6, 6.07) is 8.76. The predicted octanol–water partition coefficient (Wildman–Crippen LogP) is 4.71. The molecule has 30 heavy (non-hydrogen) atoms. The Bertz CT molecular complexity index is 847. The van der Waals surface area contributed by atoms with E-state index in [0.717, 1.165) is 81.2 Å². The third kappa shape index (κ3) is 5.42. The standard InChI is InChI=1S/C23H32ClN5O/c1-23(9-11-30-12-10-23)15-27-21-4-2-3-20(29-21)18-13-22(26-14-19(18)24)28-17-7-5-16(25)6-8-17/h2-4,13-14,16-17H,5-12,15,25H2,1H3,(H,26,28)(H,27,29)/t16-,17-. The Morgan fingerprint density at radius 2 is 1.93 bits per heavy atom. The highest BCUT2D eigenvalue weighted by Crippen LogP contribution is 2.32. The van der Waals surface area contributed by atoms with Crippen LogP contribution in [0.3, 0.4) is 0 Å². The first-order valence-corrected chi connectivity index (χ1v) is 11.4. The zero-order valence-electron chi connectivity index (χ0n) is 17.7. The second kappa shape index (κ2) is 9.50. The molecule has 6 nitrogen and oxygen atoms in total. The molecule has 1 saturated carbocycles. The molecule has 3 heterocycles. The summed E-state index contributed by atoms with van der Waals surface area (Å²) < 4.78 is 5.50. The Labute approximate surface area is 184 Å². The number of pyridine rings is 2. The second-order valence-corrected chi connectivity index (χ2v) is 9.40. The number of hydrogen-bond donors (Lipinski definition) is 3. The van der Waals surface area contributed by atoms with Crippen LogP contribution in [-0.4, -0.2) is 41.8 Å². The third-order valence-corrected chi connectivity index (χ3v) is 6.70. The maximum Gasteiger partial charge on any atom is 0.126 e. The van der Waals surface area contributed by atoms with E-state index in [2.05, 4.69) is 22.5 Å². The van der Waals surface area contributed by atoms with Gasteiger partial charge >= 0.3 is 0 Å². The lowest BCUT2D eigenvalue weighted by molar-refractivity contribution is 0.0300. The lowest BCUT2D eigenvalue weighted by Crippen LogP contribution is -2.33. The van der Waals surface area contributed by atoms with Gasteiger partial charge in [0.1, 0.15) is 11.6 Å². The summed E-state index contributed by atoms with van der Waals surface area (Å²) in [5.41, 5.74) is 8.00. The van der Waals surface area contributed by atoms with Crippen molar-refractivity contribution in [2.45, 2.75) is 57.5 Å². The third-order valence-electron chi connectivity index (χ3n) is 6.40. The Kier molecular flexibility index (Phi) is 6.76. The van der Waals surface area contributed by atoms with Crippen molar-refractivity contribution in [1.29, 1.82) is 0 Å². The van der Waals surface area contributed by atoms with Crippen molar-refractivity contribution < 1.29 is 4.74 Å². The average molecular weight is 430 g/mol. The Morgan fingerprint density at radius 1 is 1.17 bits per heavy atom. The van der Waals surface area contributed by atoms with Crippen molar-refractivity contribution in [3.63, 3.8) is 0 Å². The molecule has 0 atom stereocenters. The molecule has 1 aliphatic heterocycles. The van der Waals surface area contributed by atoms with Crippen LogP contribution in [-0.2, 0) is 4.74 Å². The van der Waals surface area contributed by atoms with Gasteiger partial charge in [0, 0.05) is 43.6 Å². The number of nitrogens with two attached hydrogens (primary N) is 1. The Hall–Kier alpha value is -1.89. The van der Waals surface area contributed by atoms with Gasteiger partial charge in [0.2, 0.25) is 0 Å². The van der Waals surface area contributed by atoms with Crippen molar-refractivity contribution in [3.8, 4) is 11.3 Å². The monoisotopic (exact) mass is 429 g/mol. The first kappa shape index (κ1) is 21.3. The fourth-order valence-electron chi connectivity index (χ4n) is 4.21. The lowest BCUT2D eigenvalue weighted by atomic mass is 9.82. The molecule has 1 aliphatic carbocycles. The average Bonchev–Trinajstić information content (AvgIpc) is 2.76. The number of hydrogen-bond acceptors (Lipinski definition) is 6. The van der Waals surface area contributed by atoms with Gasteiger partial charge in [0.25, 0.3) is 0 Å². The molecule has 0 aromatic carbocycles. The zero-order chi connectivity index (χ0) is 21.0. The van der Waals surface area contributed by atoms with E-state index in [0.29, 0.717) is 17.1 Å². The molecule has 2 aromatic heterocycles. The molecular formula is C23H32ClN5O. The molecule has 2 aliphatic rings. The van der Waals surface area contributed by atoms with Gasteiger partial charge in [-0.05, 0) is 62.1 Å². The highest BCUT2D eigenvalue weighted by molar-refractivity contribution is 6.33. The maximum absolute atomic E-state index is 6.48. The number of anilines is 2. The summed E-state index contributed by atoms with van der Waals surface area (Å²) >= 11 is 6.48. The van der Waals surface area contributed by atoms with E-state index in [1.807, 2.05) is 24.3 Å². The fraction of sp³-hybridized carbons (Fsp3) is 0.565. The van der Waals surface area contributed by atoms with Crippen LogP contribution >= 0.6 is 11.6 Å². The summed E-state index contributed by atoms with van der Waals surface area (Å²) in [4.78, 5) is 9.30. The molecule has 4 rings (SSSR count). The van der Waals surface area contributed by atoms with Crippen molar-refractivity contribution >= 4 is 23.2 Å². The Balaban J connectivity index is 1.46. The number of rotatable bonds is 6. The van der Waals surface area contributed by atoms with Gasteiger partial charge in [-0.3, -0.25) is 0 Å². The molecule has 0 unspecified atom stereocenters. The fourth-order valence-corrected chi connectivity index (χ4v) is 4.41. The van der Waals surface area contributed by atoms with E-state index in [-0.39, 0.29) is 5.41 Å². The number of nitrogens with zero attached hydrogens (tertiary/aromatic N) is 2. The van der Waals surface area contributed by atoms with Gasteiger partial charge in [0.15, 0.2) is 0 Å². The van der Waals surface area contributed by atoms with E-state index in [4.69, 9.17) is 27.1 Å². The van der Waals surface area contributed by atoms with Crippen LogP contribution in [0.5, 0.6) is 0 Å². The van der Waals surface area contributed by atoms with Gasteiger partial charge in [-0.2, -0.15) is 0 Å². The van der Waals surface area contributed by atoms with Crippen LogP contribution in [0.25, 0.3) is 11.3 Å². The van der Waals surface area contributed by atoms with Crippen LogP contribution in [0.1, 0.15) is 45.4 Å². The molecule has 0 spiro atoms. The minimum absolute atomic E-state index is 0.240. The molecule has 1 saturated heterocycles. The van der Waals surface area contributed by atoms with Gasteiger partial charge in [-0.1, -0.05) is 24.6 Å². The molecule has 2 fully saturated rings. The minimum Gasteiger partial charge on any atom is -0.381 e. The van der Waals surface area contributed by atoms with E-state index < -0.39 is 0 Å². The largest absolute Gasteiger partial charge is 0.381 e. The molecular weight excluding hydrogens is 398 g/mol. The normalized spacial score (nSPS) is 23.7. The number of ether oxygens (including phenoxy) is 1. The van der Waals surface area contributed by atoms with Crippen LogP contribution < -0.4 is 16.4 Å². The van der Waals surface area contributed by atoms with Crippen molar-refractivity contribution in [3.05, 3.63) is 35.5 Å². The van der Waals surface area contributed by atoms with Crippen molar-refractivity contribution in [1.82, 2.24) is 9.97 Å². The smallest absolute Gasteiger partial charge is 0.126 e. The lowest BCUT2D eigenvalue weighted by Gasteiger charge is -2.33. The van der Waals surface area contributed by atoms with Crippen LogP contribution in [0.15, 0.2) is 30.5 Å². The molecule has 0 bridgehead atoms. The van der Waals surface area contributed by atoms with Gasteiger partial charge in [-0.25, -0.2) is 9.97 Å². The predicted molar refractivity (Wildman–Crippen MR) is 123 cm³/mol. The first-order chi connectivity index (χ1) is 14.5. The van der Waals surface area contributed by atoms with Crippen LogP contribution in [0, 0.1) is 5.41 Å². The van der Waals surface area contributed by atoms with E-state index in [1.54, 1.807) is 6.20 Å². The second-order valence-electron chi connectivity index (χ2n) is 8.99. The van der Waals surface area contributed by atoms with Crippen LogP contribution in [0.4, 0.5) is 11.6 Å². The van der Waals surface area contributed by atoms with E-state index in [1.165, 1.54) is 0 Å². The minimum atomic E-state index is 0.240.